The average molecular weight is 192 g/mol. The Morgan fingerprint density at radius 2 is 1.93 bits per heavy atom. The number of carbonyl (C=O) groups is 1. The van der Waals surface area contributed by atoms with E-state index in [-0.39, 0.29) is 5.82 Å². The van der Waals surface area contributed by atoms with Crippen molar-refractivity contribution >= 4 is 11.5 Å². The fraction of sp³-hybridized carbons (Fsp3) is 0.182. The highest BCUT2D eigenvalue weighted by Crippen LogP contribution is 2.46. The third kappa shape index (κ3) is 1.31. The standard InChI is InChI=1S/C11H9FO2/c1-6-9(10(6)11(13)14)7-2-4-8(12)5-3-7/h2-5,10H,1H3,(H,13,14). The van der Waals surface area contributed by atoms with Crippen LogP contribution >= 0.6 is 0 Å². The molecule has 1 aliphatic carbocycles. The molecule has 0 heterocycles. The van der Waals surface area contributed by atoms with E-state index >= 15 is 0 Å². The third-order valence-corrected chi connectivity index (χ3v) is 2.47. The second-order valence-corrected chi connectivity index (χ2v) is 3.37. The number of hydrogen-bond donors (Lipinski definition) is 1. The molecule has 0 spiro atoms. The predicted octanol–water partition coefficient (Wildman–Crippen LogP) is 2.31. The third-order valence-electron chi connectivity index (χ3n) is 2.47. The Labute approximate surface area is 80.7 Å². The first-order valence-electron chi connectivity index (χ1n) is 4.30. The lowest BCUT2D eigenvalue weighted by atomic mass is 10.1. The average Bonchev–Trinajstić information content (AvgIpc) is 2.79. The van der Waals surface area contributed by atoms with E-state index in [1.807, 2.05) is 0 Å². The Hall–Kier alpha value is -1.64. The molecule has 1 atom stereocenters. The van der Waals surface area contributed by atoms with E-state index < -0.39 is 11.9 Å². The van der Waals surface area contributed by atoms with Crippen molar-refractivity contribution in [2.45, 2.75) is 6.92 Å². The number of hydrogen-bond acceptors (Lipinski definition) is 1. The predicted molar refractivity (Wildman–Crippen MR) is 50.1 cm³/mol. The summed E-state index contributed by atoms with van der Waals surface area (Å²) in [6, 6.07) is 5.90. The first-order chi connectivity index (χ1) is 6.61. The van der Waals surface area contributed by atoms with Crippen molar-refractivity contribution in [1.82, 2.24) is 0 Å². The van der Waals surface area contributed by atoms with Gasteiger partial charge in [-0.05, 0) is 35.8 Å². The first-order valence-corrected chi connectivity index (χ1v) is 4.30. The molecule has 1 aromatic rings. The number of carboxylic acids is 1. The maximum atomic E-state index is 12.6. The van der Waals surface area contributed by atoms with Crippen LogP contribution in [-0.2, 0) is 4.79 Å². The molecule has 14 heavy (non-hydrogen) atoms. The maximum Gasteiger partial charge on any atom is 0.315 e. The summed E-state index contributed by atoms with van der Waals surface area (Å²) in [4.78, 5) is 10.7. The number of benzene rings is 1. The van der Waals surface area contributed by atoms with Crippen LogP contribution in [0.3, 0.4) is 0 Å². The van der Waals surface area contributed by atoms with Gasteiger partial charge < -0.3 is 5.11 Å². The van der Waals surface area contributed by atoms with Gasteiger partial charge in [-0.2, -0.15) is 0 Å². The second-order valence-electron chi connectivity index (χ2n) is 3.37. The van der Waals surface area contributed by atoms with Gasteiger partial charge in [0.15, 0.2) is 0 Å². The van der Waals surface area contributed by atoms with Gasteiger partial charge in [-0.25, -0.2) is 4.39 Å². The van der Waals surface area contributed by atoms with E-state index in [4.69, 9.17) is 5.11 Å². The fourth-order valence-corrected chi connectivity index (χ4v) is 1.66. The van der Waals surface area contributed by atoms with Crippen LogP contribution in [0.1, 0.15) is 12.5 Å². The van der Waals surface area contributed by atoms with Gasteiger partial charge in [0.2, 0.25) is 0 Å². The van der Waals surface area contributed by atoms with Crippen LogP contribution in [-0.4, -0.2) is 11.1 Å². The summed E-state index contributed by atoms with van der Waals surface area (Å²) >= 11 is 0. The van der Waals surface area contributed by atoms with E-state index in [1.165, 1.54) is 12.1 Å². The van der Waals surface area contributed by atoms with Gasteiger partial charge >= 0.3 is 5.97 Å². The molecule has 0 saturated carbocycles. The van der Waals surface area contributed by atoms with Gasteiger partial charge in [-0.1, -0.05) is 12.1 Å². The normalized spacial score (nSPS) is 19.7. The zero-order chi connectivity index (χ0) is 10.3. The van der Waals surface area contributed by atoms with E-state index in [1.54, 1.807) is 19.1 Å². The molecule has 1 aromatic carbocycles. The number of carboxylic acid groups (broad SMARTS) is 1. The molecule has 1 N–H and O–H groups in total. The van der Waals surface area contributed by atoms with Crippen molar-refractivity contribution in [2.24, 2.45) is 5.92 Å². The van der Waals surface area contributed by atoms with Crippen LogP contribution < -0.4 is 0 Å². The number of halogens is 1. The van der Waals surface area contributed by atoms with Crippen LogP contribution in [0.25, 0.3) is 5.57 Å². The van der Waals surface area contributed by atoms with E-state index in [0.29, 0.717) is 0 Å². The summed E-state index contributed by atoms with van der Waals surface area (Å²) in [6.45, 7) is 1.79. The number of aliphatic carboxylic acids is 1. The lowest BCUT2D eigenvalue weighted by Gasteiger charge is -1.95. The van der Waals surface area contributed by atoms with Gasteiger partial charge in [-0.15, -0.1) is 0 Å². The van der Waals surface area contributed by atoms with Crippen molar-refractivity contribution in [1.29, 1.82) is 0 Å². The molecule has 3 heteroatoms. The minimum atomic E-state index is -0.832. The number of rotatable bonds is 2. The highest BCUT2D eigenvalue weighted by molar-refractivity contribution is 6.02. The van der Waals surface area contributed by atoms with Crippen LogP contribution in [0, 0.1) is 11.7 Å². The van der Waals surface area contributed by atoms with Crippen LogP contribution in [0.4, 0.5) is 4.39 Å². The molecule has 0 amide bonds. The molecule has 0 saturated heterocycles. The topological polar surface area (TPSA) is 37.3 Å². The molecule has 72 valence electrons. The molecule has 2 rings (SSSR count). The maximum absolute atomic E-state index is 12.6. The zero-order valence-corrected chi connectivity index (χ0v) is 7.62. The first kappa shape index (κ1) is 8.94. The Balaban J connectivity index is 2.27. The second kappa shape index (κ2) is 2.94. The van der Waals surface area contributed by atoms with Crippen molar-refractivity contribution in [3.63, 3.8) is 0 Å². The zero-order valence-electron chi connectivity index (χ0n) is 7.62. The summed E-state index contributed by atoms with van der Waals surface area (Å²) < 4.78 is 12.6. The van der Waals surface area contributed by atoms with Gasteiger partial charge in [-0.3, -0.25) is 4.79 Å². The van der Waals surface area contributed by atoms with E-state index in [9.17, 15) is 9.18 Å². The van der Waals surface area contributed by atoms with Crippen LogP contribution in [0.2, 0.25) is 0 Å². The molecule has 0 aliphatic heterocycles. The Morgan fingerprint density at radius 1 is 1.36 bits per heavy atom. The lowest BCUT2D eigenvalue weighted by Crippen LogP contribution is -2.01. The largest absolute Gasteiger partial charge is 0.481 e. The fourth-order valence-electron chi connectivity index (χ4n) is 1.66. The van der Waals surface area contributed by atoms with Crippen molar-refractivity contribution in [3.8, 4) is 0 Å². The van der Waals surface area contributed by atoms with Crippen molar-refractivity contribution in [2.75, 3.05) is 0 Å². The monoisotopic (exact) mass is 192 g/mol. The Bertz CT molecular complexity index is 417. The smallest absolute Gasteiger partial charge is 0.315 e. The minimum absolute atomic E-state index is 0.306. The molecule has 0 fully saturated rings. The Morgan fingerprint density at radius 3 is 2.36 bits per heavy atom. The minimum Gasteiger partial charge on any atom is -0.481 e. The van der Waals surface area contributed by atoms with Gasteiger partial charge in [0.05, 0.1) is 0 Å². The van der Waals surface area contributed by atoms with Crippen LogP contribution in [0.15, 0.2) is 29.8 Å². The lowest BCUT2D eigenvalue weighted by molar-refractivity contribution is -0.137. The SMILES string of the molecule is CC1=C(c2ccc(F)cc2)C1C(=O)O. The van der Waals surface area contributed by atoms with Gasteiger partial charge in [0.1, 0.15) is 11.7 Å². The van der Waals surface area contributed by atoms with Gasteiger partial charge in [0.25, 0.3) is 0 Å². The molecular formula is C11H9FO2. The Kier molecular flexibility index (Phi) is 1.88. The molecule has 2 nitrogen and oxygen atoms in total. The summed E-state index contributed by atoms with van der Waals surface area (Å²) in [7, 11) is 0. The summed E-state index contributed by atoms with van der Waals surface area (Å²) in [5, 5.41) is 8.79. The van der Waals surface area contributed by atoms with Crippen molar-refractivity contribution in [3.05, 3.63) is 41.2 Å². The molecule has 1 unspecified atom stereocenters. The highest BCUT2D eigenvalue weighted by Gasteiger charge is 2.39. The van der Waals surface area contributed by atoms with E-state index in [0.717, 1.165) is 16.7 Å². The van der Waals surface area contributed by atoms with Gasteiger partial charge in [0, 0.05) is 0 Å². The van der Waals surface area contributed by atoms with Crippen LogP contribution in [0.5, 0.6) is 0 Å². The molecule has 1 aliphatic rings. The quantitative estimate of drug-likeness (QED) is 0.780. The molecule has 0 radical (unpaired) electrons. The summed E-state index contributed by atoms with van der Waals surface area (Å²) in [6.07, 6.45) is 0. The molecular weight excluding hydrogens is 183 g/mol. The highest BCUT2D eigenvalue weighted by atomic mass is 19.1. The summed E-state index contributed by atoms with van der Waals surface area (Å²) in [5.41, 5.74) is 2.48. The molecule has 0 aromatic heterocycles. The molecule has 0 bridgehead atoms. The summed E-state index contributed by atoms with van der Waals surface area (Å²) in [5.74, 6) is -1.60. The van der Waals surface area contributed by atoms with E-state index in [2.05, 4.69) is 0 Å². The van der Waals surface area contributed by atoms with Crippen molar-refractivity contribution < 1.29 is 14.3 Å².